The molecule has 0 unspecified atom stereocenters. The van der Waals surface area contributed by atoms with Crippen LogP contribution in [0.3, 0.4) is 0 Å². The summed E-state index contributed by atoms with van der Waals surface area (Å²) in [5.74, 6) is 6.61. The molecule has 7 nitrogen and oxygen atoms in total. The van der Waals surface area contributed by atoms with Gasteiger partial charge in [-0.15, -0.1) is 0 Å². The van der Waals surface area contributed by atoms with E-state index < -0.39 is 8.32 Å². The van der Waals surface area contributed by atoms with Crippen LogP contribution in [0.5, 0.6) is 0 Å². The van der Waals surface area contributed by atoms with E-state index in [1.165, 1.54) is 28.8 Å². The maximum atomic E-state index is 7.50. The molecule has 0 spiro atoms. The fraction of sp³-hybridized carbons (Fsp3) is 0.267. The first-order valence-corrected chi connectivity index (χ1v) is 12.6. The molecule has 0 saturated heterocycles. The molecule has 0 fully saturated rings. The molecule has 212 valence electrons. The van der Waals surface area contributed by atoms with E-state index in [0.717, 1.165) is 6.42 Å². The number of allylic oxidation sites excluding steroid dienone is 2. The minimum Gasteiger partial charge on any atom is 0 e. The second-order valence-corrected chi connectivity index (χ2v) is 12.2. The van der Waals surface area contributed by atoms with E-state index in [9.17, 15) is 0 Å². The van der Waals surface area contributed by atoms with Crippen LogP contribution in [0.15, 0.2) is 72.3 Å². The van der Waals surface area contributed by atoms with Gasteiger partial charge < -0.3 is 4.43 Å². The van der Waals surface area contributed by atoms with Gasteiger partial charge in [-0.25, -0.2) is 0 Å². The average molecular weight is 646 g/mol. The maximum Gasteiger partial charge on any atom is 0 e. The summed E-state index contributed by atoms with van der Waals surface area (Å²) in [7, 11) is -2.45. The van der Waals surface area contributed by atoms with Gasteiger partial charge in [-0.2, -0.15) is 0 Å². The van der Waals surface area contributed by atoms with Gasteiger partial charge in [0.2, 0.25) is 0 Å². The molecule has 1 aliphatic carbocycles. The molecule has 0 heterocycles. The van der Waals surface area contributed by atoms with Crippen molar-refractivity contribution in [2.45, 2.75) is 45.1 Å². The topological polar surface area (TPSA) is 129 Å². The van der Waals surface area contributed by atoms with E-state index in [2.05, 4.69) is 139 Å². The van der Waals surface area contributed by atoms with Crippen LogP contribution in [0, 0.1) is 51.7 Å². The van der Waals surface area contributed by atoms with Crippen LogP contribution in [0.1, 0.15) is 40.0 Å². The predicted octanol–water partition coefficient (Wildman–Crippen LogP) is 4.45. The molecule has 2 aromatic carbocycles. The van der Waals surface area contributed by atoms with E-state index in [0.29, 0.717) is 6.61 Å². The van der Waals surface area contributed by atoms with Crippen molar-refractivity contribution < 1.29 is 65.9 Å². The number of hydrogen-bond acceptors (Lipinski definition) is 1. The Morgan fingerprint density at radius 3 is 1.38 bits per heavy atom. The van der Waals surface area contributed by atoms with E-state index in [-0.39, 0.29) is 38.6 Å². The summed E-state index contributed by atoms with van der Waals surface area (Å²) in [6, 6.07) is 21.5. The molecule has 3 rings (SSSR count). The second-order valence-electron chi connectivity index (χ2n) is 7.88. The molecular weight excluding hydrogens is 618 g/mol. The number of rotatable bonds is 4. The average Bonchev–Trinajstić information content (AvgIpc) is 3.53. The minimum atomic E-state index is -2.45. The Hall–Kier alpha value is -2.63. The van der Waals surface area contributed by atoms with Crippen LogP contribution in [0.25, 0.3) is 0 Å². The van der Waals surface area contributed by atoms with Gasteiger partial charge in [0.25, 0.3) is 8.32 Å². The van der Waals surface area contributed by atoms with Gasteiger partial charge in [-0.3, -0.25) is 0 Å². The summed E-state index contributed by atoms with van der Waals surface area (Å²) in [4.78, 5) is 0. The summed E-state index contributed by atoms with van der Waals surface area (Å²) in [5, 5.41) is 2.62. The Balaban J connectivity index is -0.000000183. The SMILES string of the molecule is CC(C)(C)[Si](OCC#CC1=CCCC1)(c1ccccc1)c1ccccc1.[C-]#[O+].[C-]#[O+].[C-]#[O+].[C-]#[O+].[C-]#[O+].[C-]#[O+].[Co].[Co]. The molecule has 0 N–H and O–H groups in total. The molecule has 2 aromatic rings. The van der Waals surface area contributed by atoms with Crippen molar-refractivity contribution >= 4 is 18.7 Å². The fourth-order valence-electron chi connectivity index (χ4n) is 3.84. The first kappa shape index (κ1) is 50.2. The molecule has 40 heavy (non-hydrogen) atoms. The van der Waals surface area contributed by atoms with Crippen LogP contribution < -0.4 is 10.4 Å². The summed E-state index contributed by atoms with van der Waals surface area (Å²) in [6.45, 7) is 34.4. The van der Waals surface area contributed by atoms with Crippen molar-refractivity contribution in [1.29, 1.82) is 0 Å². The van der Waals surface area contributed by atoms with Gasteiger partial charge in [-0.05, 0) is 40.2 Å². The summed E-state index contributed by atoms with van der Waals surface area (Å²) >= 11 is 0. The quantitative estimate of drug-likeness (QED) is 0.207. The van der Waals surface area contributed by atoms with Crippen LogP contribution in [-0.4, -0.2) is 14.9 Å². The summed E-state index contributed by atoms with van der Waals surface area (Å²) in [5.41, 5.74) is 1.27. The Morgan fingerprint density at radius 2 is 1.07 bits per heavy atom. The normalized spacial score (nSPS) is 9.72. The smallest absolute Gasteiger partial charge is 0 e. The van der Waals surface area contributed by atoms with Crippen molar-refractivity contribution in [3.05, 3.63) is 112 Å². The minimum absolute atomic E-state index is 0. The maximum absolute atomic E-state index is 7.50. The Labute approximate surface area is 259 Å². The largest absolute Gasteiger partial charge is 0 e. The van der Waals surface area contributed by atoms with Crippen molar-refractivity contribution in [3.8, 4) is 11.8 Å². The fourth-order valence-corrected chi connectivity index (χ4v) is 8.28. The van der Waals surface area contributed by atoms with Crippen LogP contribution in [0.4, 0.5) is 0 Å². The van der Waals surface area contributed by atoms with Crippen molar-refractivity contribution in [3.63, 3.8) is 0 Å². The van der Waals surface area contributed by atoms with Crippen molar-refractivity contribution in [2.75, 3.05) is 6.61 Å². The number of benzene rings is 2. The predicted molar refractivity (Wildman–Crippen MR) is 137 cm³/mol. The molecule has 0 aliphatic heterocycles. The van der Waals surface area contributed by atoms with Gasteiger partial charge in [0.1, 0.15) is 0 Å². The molecule has 0 amide bonds. The van der Waals surface area contributed by atoms with Gasteiger partial charge in [0, 0.05) is 33.6 Å². The Morgan fingerprint density at radius 1 is 0.700 bits per heavy atom. The number of hydrogen-bond donors (Lipinski definition) is 0. The van der Waals surface area contributed by atoms with E-state index in [4.69, 9.17) is 32.3 Å². The van der Waals surface area contributed by atoms with Crippen LogP contribution in [-0.2, 0) is 65.9 Å². The van der Waals surface area contributed by atoms with Gasteiger partial charge in [-0.1, -0.05) is 99.4 Å². The Bertz CT molecular complexity index is 1000. The van der Waals surface area contributed by atoms with Gasteiger partial charge >= 0.3 is 67.8 Å². The molecule has 2 radical (unpaired) electrons. The van der Waals surface area contributed by atoms with Gasteiger partial charge in [0.15, 0.2) is 0 Å². The first-order valence-electron chi connectivity index (χ1n) is 10.7. The standard InChI is InChI=1S/C24H28OSi.6CO.2Co/c1-24(2,3)26(22-16-6-4-7-17-22,23-18-8-5-9-19-23)25-20-12-15-21-13-10-11-14-21;6*1-2;;/h4-9,13,16-19H,10-11,14,20H2,1-3H3;;;;;;;;. The van der Waals surface area contributed by atoms with E-state index in [1.54, 1.807) is 0 Å². The molecular formula is C30H28Co2O7Si. The second kappa shape index (κ2) is 34.4. The Kier molecular flexibility index (Phi) is 43.2. The van der Waals surface area contributed by atoms with Crippen molar-refractivity contribution in [1.82, 2.24) is 0 Å². The first-order chi connectivity index (χ1) is 18.5. The third-order valence-electron chi connectivity index (χ3n) is 5.07. The van der Waals surface area contributed by atoms with Crippen LogP contribution >= 0.6 is 0 Å². The van der Waals surface area contributed by atoms with Gasteiger partial charge in [0.05, 0.1) is 6.61 Å². The molecule has 0 aromatic heterocycles. The molecule has 0 atom stereocenters. The third kappa shape index (κ3) is 17.1. The molecule has 1 aliphatic rings. The summed E-state index contributed by atoms with van der Waals surface area (Å²) < 4.78 is 51.8. The van der Waals surface area contributed by atoms with Crippen LogP contribution in [0.2, 0.25) is 5.04 Å². The zero-order valence-corrected chi connectivity index (χ0v) is 25.3. The van der Waals surface area contributed by atoms with Crippen molar-refractivity contribution in [2.24, 2.45) is 0 Å². The molecule has 0 bridgehead atoms. The summed E-state index contributed by atoms with van der Waals surface area (Å²) in [6.07, 6.45) is 5.78. The van der Waals surface area contributed by atoms with E-state index >= 15 is 0 Å². The third-order valence-corrected chi connectivity index (χ3v) is 10.1. The monoisotopic (exact) mass is 646 g/mol. The van der Waals surface area contributed by atoms with E-state index in [1.807, 2.05) is 0 Å². The molecule has 10 heteroatoms. The zero-order valence-electron chi connectivity index (χ0n) is 22.2. The zero-order chi connectivity index (χ0) is 30.5. The molecule has 0 saturated carbocycles.